The number of amides is 2. The molecule has 2 rings (SSSR count). The first-order valence-electron chi connectivity index (χ1n) is 7.86. The highest BCUT2D eigenvalue weighted by Crippen LogP contribution is 2.31. The van der Waals surface area contributed by atoms with Gasteiger partial charge in [0.25, 0.3) is 0 Å². The first-order chi connectivity index (χ1) is 11.4. The van der Waals surface area contributed by atoms with Gasteiger partial charge in [-0.05, 0) is 19.3 Å². The predicted octanol–water partition coefficient (Wildman–Crippen LogP) is 2.89. The number of urea groups is 1. The lowest BCUT2D eigenvalue weighted by Gasteiger charge is -2.31. The number of aliphatic carboxylic acids is 1. The van der Waals surface area contributed by atoms with Crippen molar-refractivity contribution < 1.29 is 23.5 Å². The molecule has 24 heavy (non-hydrogen) atoms. The van der Waals surface area contributed by atoms with Crippen LogP contribution in [0.3, 0.4) is 0 Å². The number of nitrogens with zero attached hydrogens (tertiary/aromatic N) is 2. The maximum Gasteiger partial charge on any atom is 0.321 e. The number of hydrogen-bond acceptors (Lipinski definition) is 3. The minimum absolute atomic E-state index is 0.0177. The highest BCUT2D eigenvalue weighted by Gasteiger charge is 2.20. The van der Waals surface area contributed by atoms with E-state index in [1.54, 1.807) is 0 Å². The monoisotopic (exact) mass is 341 g/mol. The van der Waals surface area contributed by atoms with Gasteiger partial charge in [-0.3, -0.25) is 4.79 Å². The Balaban J connectivity index is 2.17. The first kappa shape index (κ1) is 18.0. The number of nitrogens with one attached hydrogen (secondary N) is 1. The Hall–Kier alpha value is -2.38. The van der Waals surface area contributed by atoms with Crippen LogP contribution in [0.1, 0.15) is 25.7 Å². The molecule has 2 N–H and O–H groups in total. The van der Waals surface area contributed by atoms with Crippen molar-refractivity contribution in [1.29, 1.82) is 0 Å². The van der Waals surface area contributed by atoms with Gasteiger partial charge in [-0.1, -0.05) is 0 Å². The standard InChI is InChI=1S/C16H21F2N3O3/c1-20(8-5-15(22)23)16(24)19-13-9-11(17)12(18)10-14(13)21-6-3-2-4-7-21/h9-10H,2-8H2,1H3,(H,19,24)(H,22,23). The molecule has 1 aromatic rings. The molecular weight excluding hydrogens is 320 g/mol. The molecule has 1 heterocycles. The van der Waals surface area contributed by atoms with Gasteiger partial charge in [-0.15, -0.1) is 0 Å². The Morgan fingerprint density at radius 1 is 1.21 bits per heavy atom. The van der Waals surface area contributed by atoms with Crippen molar-refractivity contribution in [2.24, 2.45) is 0 Å². The SMILES string of the molecule is CN(CCC(=O)O)C(=O)Nc1cc(F)c(F)cc1N1CCCCC1. The van der Waals surface area contributed by atoms with Crippen LogP contribution in [0, 0.1) is 11.6 Å². The van der Waals surface area contributed by atoms with Gasteiger partial charge in [0.15, 0.2) is 11.6 Å². The number of carboxylic acids is 1. The van der Waals surface area contributed by atoms with E-state index in [0.717, 1.165) is 31.4 Å². The van der Waals surface area contributed by atoms with Crippen LogP contribution in [0.15, 0.2) is 12.1 Å². The molecule has 0 aromatic heterocycles. The van der Waals surface area contributed by atoms with E-state index in [4.69, 9.17) is 5.11 Å². The van der Waals surface area contributed by atoms with Gasteiger partial charge in [0.2, 0.25) is 0 Å². The third kappa shape index (κ3) is 4.56. The smallest absolute Gasteiger partial charge is 0.321 e. The molecule has 6 nitrogen and oxygen atoms in total. The largest absolute Gasteiger partial charge is 0.481 e. The van der Waals surface area contributed by atoms with Crippen molar-refractivity contribution >= 4 is 23.4 Å². The van der Waals surface area contributed by atoms with Gasteiger partial charge < -0.3 is 20.2 Å². The Morgan fingerprint density at radius 2 is 1.83 bits per heavy atom. The molecule has 0 spiro atoms. The molecule has 0 atom stereocenters. The van der Waals surface area contributed by atoms with E-state index in [-0.39, 0.29) is 18.7 Å². The second-order valence-corrected chi connectivity index (χ2v) is 5.83. The van der Waals surface area contributed by atoms with Gasteiger partial charge in [0, 0.05) is 38.8 Å². The van der Waals surface area contributed by atoms with E-state index < -0.39 is 23.6 Å². The summed E-state index contributed by atoms with van der Waals surface area (Å²) in [5.41, 5.74) is 0.622. The molecule has 1 aromatic carbocycles. The fraction of sp³-hybridized carbons (Fsp3) is 0.500. The molecule has 2 amide bonds. The molecule has 1 saturated heterocycles. The van der Waals surface area contributed by atoms with Crippen LogP contribution in [0.25, 0.3) is 0 Å². The number of hydrogen-bond donors (Lipinski definition) is 2. The van der Waals surface area contributed by atoms with Gasteiger partial charge >= 0.3 is 12.0 Å². The Morgan fingerprint density at radius 3 is 2.46 bits per heavy atom. The quantitative estimate of drug-likeness (QED) is 0.864. The number of carboxylic acid groups (broad SMARTS) is 1. The summed E-state index contributed by atoms with van der Waals surface area (Å²) < 4.78 is 27.2. The average molecular weight is 341 g/mol. The van der Waals surface area contributed by atoms with Gasteiger partial charge in [-0.25, -0.2) is 13.6 Å². The fourth-order valence-electron chi connectivity index (χ4n) is 2.61. The summed E-state index contributed by atoms with van der Waals surface area (Å²) in [6.07, 6.45) is 2.79. The van der Waals surface area contributed by atoms with Crippen molar-refractivity contribution in [2.75, 3.05) is 36.9 Å². The summed E-state index contributed by atoms with van der Waals surface area (Å²) in [6, 6.07) is 1.48. The zero-order valence-electron chi connectivity index (χ0n) is 13.5. The van der Waals surface area contributed by atoms with Crippen molar-refractivity contribution in [3.63, 3.8) is 0 Å². The van der Waals surface area contributed by atoms with Crippen LogP contribution in [-0.2, 0) is 4.79 Å². The topological polar surface area (TPSA) is 72.9 Å². The Bertz CT molecular complexity index is 619. The zero-order valence-corrected chi connectivity index (χ0v) is 13.5. The second-order valence-electron chi connectivity index (χ2n) is 5.83. The molecule has 0 saturated carbocycles. The molecule has 132 valence electrons. The number of rotatable bonds is 5. The average Bonchev–Trinajstić information content (AvgIpc) is 2.56. The number of anilines is 2. The lowest BCUT2D eigenvalue weighted by atomic mass is 10.1. The number of halogens is 2. The molecule has 0 aliphatic carbocycles. The summed E-state index contributed by atoms with van der Waals surface area (Å²) in [4.78, 5) is 25.8. The normalized spacial score (nSPS) is 14.4. The van der Waals surface area contributed by atoms with Crippen LogP contribution in [-0.4, -0.2) is 48.7 Å². The molecule has 1 aliphatic rings. The predicted molar refractivity (Wildman–Crippen MR) is 86.3 cm³/mol. The van der Waals surface area contributed by atoms with Crippen molar-refractivity contribution in [3.8, 4) is 0 Å². The van der Waals surface area contributed by atoms with Crippen molar-refractivity contribution in [1.82, 2.24) is 4.90 Å². The molecule has 0 unspecified atom stereocenters. The fourth-order valence-corrected chi connectivity index (χ4v) is 2.61. The molecular formula is C16H21F2N3O3. The van der Waals surface area contributed by atoms with Crippen LogP contribution < -0.4 is 10.2 Å². The summed E-state index contributed by atoms with van der Waals surface area (Å²) in [5.74, 6) is -3.02. The lowest BCUT2D eigenvalue weighted by molar-refractivity contribution is -0.137. The third-order valence-corrected chi connectivity index (χ3v) is 3.98. The molecule has 8 heteroatoms. The summed E-state index contributed by atoms with van der Waals surface area (Å²) in [7, 11) is 1.44. The van der Waals surface area contributed by atoms with Crippen LogP contribution in [0.2, 0.25) is 0 Å². The van der Waals surface area contributed by atoms with Crippen LogP contribution >= 0.6 is 0 Å². The van der Waals surface area contributed by atoms with Gasteiger partial charge in [-0.2, -0.15) is 0 Å². The second kappa shape index (κ2) is 7.94. The van der Waals surface area contributed by atoms with E-state index in [1.807, 2.05) is 4.90 Å². The Labute approximate surface area is 139 Å². The van der Waals surface area contributed by atoms with E-state index >= 15 is 0 Å². The van der Waals surface area contributed by atoms with E-state index in [1.165, 1.54) is 11.9 Å². The molecule has 0 bridgehead atoms. The molecule has 0 radical (unpaired) electrons. The summed E-state index contributed by atoms with van der Waals surface area (Å²) in [6.45, 7) is 1.44. The first-order valence-corrected chi connectivity index (χ1v) is 7.86. The molecule has 1 aliphatic heterocycles. The maximum absolute atomic E-state index is 13.6. The van der Waals surface area contributed by atoms with E-state index in [2.05, 4.69) is 5.32 Å². The minimum Gasteiger partial charge on any atom is -0.481 e. The highest BCUT2D eigenvalue weighted by atomic mass is 19.2. The number of benzene rings is 1. The maximum atomic E-state index is 13.6. The molecule has 1 fully saturated rings. The highest BCUT2D eigenvalue weighted by molar-refractivity contribution is 5.93. The van der Waals surface area contributed by atoms with Crippen LogP contribution in [0.4, 0.5) is 25.0 Å². The third-order valence-electron chi connectivity index (χ3n) is 3.98. The van der Waals surface area contributed by atoms with E-state index in [9.17, 15) is 18.4 Å². The number of piperidine rings is 1. The van der Waals surface area contributed by atoms with Gasteiger partial charge in [0.1, 0.15) is 0 Å². The van der Waals surface area contributed by atoms with Gasteiger partial charge in [0.05, 0.1) is 17.8 Å². The lowest BCUT2D eigenvalue weighted by Crippen LogP contribution is -2.35. The summed E-state index contributed by atoms with van der Waals surface area (Å²) >= 11 is 0. The van der Waals surface area contributed by atoms with Crippen LogP contribution in [0.5, 0.6) is 0 Å². The van der Waals surface area contributed by atoms with E-state index in [0.29, 0.717) is 18.8 Å². The minimum atomic E-state index is -1.04. The number of carbonyl (C=O) groups excluding carboxylic acids is 1. The zero-order chi connectivity index (χ0) is 17.7. The summed E-state index contributed by atoms with van der Waals surface area (Å²) in [5, 5.41) is 11.2. The van der Waals surface area contributed by atoms with Crippen molar-refractivity contribution in [3.05, 3.63) is 23.8 Å². The Kier molecular flexibility index (Phi) is 5.94. The van der Waals surface area contributed by atoms with Crippen molar-refractivity contribution in [2.45, 2.75) is 25.7 Å². The number of carbonyl (C=O) groups is 2.